The normalized spacial score (nSPS) is 8.27. The van der Waals surface area contributed by atoms with Crippen LogP contribution in [0.2, 0.25) is 0 Å². The van der Waals surface area contributed by atoms with E-state index < -0.39 is 0 Å². The Balaban J connectivity index is 0. The average molecular weight is 198 g/mol. The third kappa shape index (κ3) is 3.10. The molecule has 0 saturated carbocycles. The molecule has 1 aromatic heterocycles. The van der Waals surface area contributed by atoms with Crippen LogP contribution in [0.3, 0.4) is 0 Å². The summed E-state index contributed by atoms with van der Waals surface area (Å²) in [6.07, 6.45) is 1.96. The molecule has 0 atom stereocenters. The summed E-state index contributed by atoms with van der Waals surface area (Å²) in [7, 11) is 1.90. The summed E-state index contributed by atoms with van der Waals surface area (Å²) in [5.41, 5.74) is 7.54. The Labute approximate surface area is 78.8 Å². The number of hydrogen-bond acceptors (Lipinski definition) is 2. The molecule has 1 rings (SSSR count). The largest absolute Gasteiger partial charge is 0.325 e. The van der Waals surface area contributed by atoms with Gasteiger partial charge in [-0.1, -0.05) is 0 Å². The van der Waals surface area contributed by atoms with Crippen molar-refractivity contribution in [2.24, 2.45) is 12.8 Å². The lowest BCUT2D eigenvalue weighted by atomic mass is 10.3. The Hall–Kier alpha value is -0.250. The molecule has 0 radical (unpaired) electrons. The fraction of sp³-hybridized carbons (Fsp3) is 0.500. The van der Waals surface area contributed by atoms with Gasteiger partial charge in [0.2, 0.25) is 0 Å². The monoisotopic (exact) mass is 197 g/mol. The van der Waals surface area contributed by atoms with Crippen molar-refractivity contribution in [1.82, 2.24) is 9.78 Å². The van der Waals surface area contributed by atoms with Crippen LogP contribution in [0.25, 0.3) is 0 Å². The van der Waals surface area contributed by atoms with Crippen molar-refractivity contribution < 1.29 is 0 Å². The average Bonchev–Trinajstić information content (AvgIpc) is 2.10. The molecule has 1 heterocycles. The molecule has 0 aliphatic carbocycles. The first-order valence-electron chi connectivity index (χ1n) is 2.93. The molecule has 3 nitrogen and oxygen atoms in total. The molecule has 0 amide bonds. The molecular formula is C6H13Cl2N3. The predicted octanol–water partition coefficient (Wildman–Crippen LogP) is 1.03. The summed E-state index contributed by atoms with van der Waals surface area (Å²) in [6, 6.07) is 0. The van der Waals surface area contributed by atoms with E-state index >= 15 is 0 Å². The predicted molar refractivity (Wildman–Crippen MR) is 50.3 cm³/mol. The van der Waals surface area contributed by atoms with Crippen LogP contribution < -0.4 is 5.73 Å². The number of nitrogens with zero attached hydrogens (tertiary/aromatic N) is 2. The summed E-state index contributed by atoms with van der Waals surface area (Å²) >= 11 is 0. The molecule has 0 saturated heterocycles. The molecule has 11 heavy (non-hydrogen) atoms. The van der Waals surface area contributed by atoms with Gasteiger partial charge in [-0.2, -0.15) is 5.10 Å². The number of rotatable bonds is 1. The van der Waals surface area contributed by atoms with Gasteiger partial charge < -0.3 is 5.73 Å². The molecule has 0 aromatic carbocycles. The third-order valence-electron chi connectivity index (χ3n) is 1.31. The van der Waals surface area contributed by atoms with E-state index in [1.165, 1.54) is 5.56 Å². The number of nitrogens with two attached hydrogens (primary N) is 1. The van der Waals surface area contributed by atoms with Gasteiger partial charge in [0.1, 0.15) is 0 Å². The van der Waals surface area contributed by atoms with E-state index in [0.717, 1.165) is 5.69 Å². The highest BCUT2D eigenvalue weighted by Gasteiger charge is 1.97. The van der Waals surface area contributed by atoms with E-state index in [1.807, 2.05) is 20.2 Å². The van der Waals surface area contributed by atoms with Crippen molar-refractivity contribution in [3.63, 3.8) is 0 Å². The van der Waals surface area contributed by atoms with E-state index in [2.05, 4.69) is 5.10 Å². The number of aryl methyl sites for hydroxylation is 2. The van der Waals surface area contributed by atoms with Gasteiger partial charge in [-0.25, -0.2) is 0 Å². The van der Waals surface area contributed by atoms with Crippen molar-refractivity contribution in [2.45, 2.75) is 13.5 Å². The number of hydrogen-bond donors (Lipinski definition) is 1. The first kappa shape index (κ1) is 13.3. The molecule has 2 N–H and O–H groups in total. The second kappa shape index (κ2) is 5.41. The maximum atomic E-state index is 5.39. The smallest absolute Gasteiger partial charge is 0.0789 e. The Bertz CT molecular complexity index is 210. The van der Waals surface area contributed by atoms with Crippen LogP contribution in [0.4, 0.5) is 0 Å². The summed E-state index contributed by atoms with van der Waals surface area (Å²) < 4.78 is 1.78. The number of halogens is 2. The molecule has 0 bridgehead atoms. The van der Waals surface area contributed by atoms with E-state index in [-0.39, 0.29) is 24.8 Å². The molecule has 0 aliphatic heterocycles. The van der Waals surface area contributed by atoms with Crippen LogP contribution in [-0.4, -0.2) is 9.78 Å². The quantitative estimate of drug-likeness (QED) is 0.732. The second-order valence-electron chi connectivity index (χ2n) is 2.14. The highest BCUT2D eigenvalue weighted by molar-refractivity contribution is 5.85. The zero-order chi connectivity index (χ0) is 6.85. The number of aromatic nitrogens is 2. The van der Waals surface area contributed by atoms with Crippen molar-refractivity contribution in [3.8, 4) is 0 Å². The SMILES string of the molecule is Cc1cn(C)nc1CN.Cl.Cl. The minimum absolute atomic E-state index is 0. The molecular weight excluding hydrogens is 185 g/mol. The summed E-state index contributed by atoms with van der Waals surface area (Å²) in [5, 5.41) is 4.12. The Kier molecular flexibility index (Phi) is 6.56. The minimum atomic E-state index is 0. The minimum Gasteiger partial charge on any atom is -0.325 e. The zero-order valence-electron chi connectivity index (χ0n) is 6.57. The van der Waals surface area contributed by atoms with Crippen LogP contribution in [0.1, 0.15) is 11.3 Å². The van der Waals surface area contributed by atoms with Gasteiger partial charge in [0.15, 0.2) is 0 Å². The Morgan fingerprint density at radius 2 is 2.09 bits per heavy atom. The van der Waals surface area contributed by atoms with Gasteiger partial charge in [-0.15, -0.1) is 24.8 Å². The van der Waals surface area contributed by atoms with Crippen LogP contribution in [0.15, 0.2) is 6.20 Å². The topological polar surface area (TPSA) is 43.8 Å². The first-order valence-corrected chi connectivity index (χ1v) is 2.93. The van der Waals surface area contributed by atoms with Crippen LogP contribution in [0, 0.1) is 6.92 Å². The second-order valence-corrected chi connectivity index (χ2v) is 2.14. The molecule has 5 heteroatoms. The molecule has 66 valence electrons. The summed E-state index contributed by atoms with van der Waals surface area (Å²) in [4.78, 5) is 0. The fourth-order valence-electron chi connectivity index (χ4n) is 0.855. The Morgan fingerprint density at radius 1 is 1.55 bits per heavy atom. The van der Waals surface area contributed by atoms with Gasteiger partial charge in [0.25, 0.3) is 0 Å². The van der Waals surface area contributed by atoms with Gasteiger partial charge in [0.05, 0.1) is 5.69 Å². The van der Waals surface area contributed by atoms with Crippen molar-refractivity contribution in [3.05, 3.63) is 17.5 Å². The standard InChI is InChI=1S/C6H11N3.2ClH/c1-5-4-9(2)8-6(5)3-7;;/h4H,3,7H2,1-2H3;2*1H. The van der Waals surface area contributed by atoms with Crippen LogP contribution in [-0.2, 0) is 13.6 Å². The molecule has 0 aliphatic rings. The molecule has 1 aromatic rings. The van der Waals surface area contributed by atoms with E-state index in [1.54, 1.807) is 4.68 Å². The Morgan fingerprint density at radius 3 is 2.27 bits per heavy atom. The van der Waals surface area contributed by atoms with Crippen molar-refractivity contribution >= 4 is 24.8 Å². The lowest BCUT2D eigenvalue weighted by Crippen LogP contribution is -1.99. The molecule has 0 spiro atoms. The lowest BCUT2D eigenvalue weighted by Gasteiger charge is -1.86. The summed E-state index contributed by atoms with van der Waals surface area (Å²) in [6.45, 7) is 2.54. The summed E-state index contributed by atoms with van der Waals surface area (Å²) in [5.74, 6) is 0. The fourth-order valence-corrected chi connectivity index (χ4v) is 0.855. The zero-order valence-corrected chi connectivity index (χ0v) is 8.21. The van der Waals surface area contributed by atoms with Gasteiger partial charge >= 0.3 is 0 Å². The molecule has 0 unspecified atom stereocenters. The van der Waals surface area contributed by atoms with Gasteiger partial charge in [-0.05, 0) is 12.5 Å². The highest BCUT2D eigenvalue weighted by atomic mass is 35.5. The van der Waals surface area contributed by atoms with Gasteiger partial charge in [-0.3, -0.25) is 4.68 Å². The first-order chi connectivity index (χ1) is 4.24. The maximum Gasteiger partial charge on any atom is 0.0789 e. The van der Waals surface area contributed by atoms with E-state index in [4.69, 9.17) is 5.73 Å². The van der Waals surface area contributed by atoms with Crippen LogP contribution >= 0.6 is 24.8 Å². The lowest BCUT2D eigenvalue weighted by molar-refractivity contribution is 0.742. The molecule has 0 fully saturated rings. The third-order valence-corrected chi connectivity index (χ3v) is 1.31. The van der Waals surface area contributed by atoms with Crippen molar-refractivity contribution in [1.29, 1.82) is 0 Å². The maximum absolute atomic E-state index is 5.39. The van der Waals surface area contributed by atoms with E-state index in [0.29, 0.717) is 6.54 Å². The van der Waals surface area contributed by atoms with E-state index in [9.17, 15) is 0 Å². The van der Waals surface area contributed by atoms with Crippen LogP contribution in [0.5, 0.6) is 0 Å². The highest BCUT2D eigenvalue weighted by Crippen LogP contribution is 2.01. The van der Waals surface area contributed by atoms with Crippen molar-refractivity contribution in [2.75, 3.05) is 0 Å². The van der Waals surface area contributed by atoms with Gasteiger partial charge in [0, 0.05) is 19.8 Å².